The molecule has 0 aliphatic heterocycles. The summed E-state index contributed by atoms with van der Waals surface area (Å²) >= 11 is 0. The summed E-state index contributed by atoms with van der Waals surface area (Å²) in [6.07, 6.45) is 5.72. The zero-order chi connectivity index (χ0) is 10.5. The molecule has 2 aromatic rings. The van der Waals surface area contributed by atoms with E-state index >= 15 is 0 Å². The summed E-state index contributed by atoms with van der Waals surface area (Å²) in [6, 6.07) is 3.53. The van der Waals surface area contributed by atoms with Gasteiger partial charge >= 0.3 is 0 Å². The summed E-state index contributed by atoms with van der Waals surface area (Å²) in [4.78, 5) is 4.41. The molecule has 15 heavy (non-hydrogen) atoms. The molecule has 78 valence electrons. The van der Waals surface area contributed by atoms with Gasteiger partial charge in [0.2, 0.25) is 0 Å². The minimum absolute atomic E-state index is 0.0558. The fraction of sp³-hybridized carbons (Fsp3) is 0.364. The van der Waals surface area contributed by atoms with Gasteiger partial charge in [-0.3, -0.25) is 4.40 Å². The Morgan fingerprint density at radius 2 is 2.27 bits per heavy atom. The Bertz CT molecular complexity index is 514. The van der Waals surface area contributed by atoms with Crippen molar-refractivity contribution in [1.82, 2.24) is 9.38 Å². The maximum atomic E-state index is 9.45. The lowest BCUT2D eigenvalue weighted by Crippen LogP contribution is -2.22. The SMILES string of the molecule is NCC1(c2ncc3ccc(O)cn23)CC1. The molecule has 3 N–H and O–H groups in total. The third kappa shape index (κ3) is 1.15. The van der Waals surface area contributed by atoms with Crippen LogP contribution in [0.2, 0.25) is 0 Å². The van der Waals surface area contributed by atoms with Crippen molar-refractivity contribution >= 4 is 5.52 Å². The van der Waals surface area contributed by atoms with Crippen LogP contribution in [0.4, 0.5) is 0 Å². The van der Waals surface area contributed by atoms with Crippen LogP contribution in [-0.4, -0.2) is 21.0 Å². The number of nitrogens with zero attached hydrogens (tertiary/aromatic N) is 2. The van der Waals surface area contributed by atoms with Gasteiger partial charge in [0.15, 0.2) is 0 Å². The molecule has 1 aliphatic carbocycles. The van der Waals surface area contributed by atoms with E-state index in [0.29, 0.717) is 6.54 Å². The summed E-state index contributed by atoms with van der Waals surface area (Å²) in [5, 5.41) is 9.45. The lowest BCUT2D eigenvalue weighted by atomic mass is 10.1. The van der Waals surface area contributed by atoms with Crippen molar-refractivity contribution in [1.29, 1.82) is 0 Å². The van der Waals surface area contributed by atoms with Gasteiger partial charge in [-0.1, -0.05) is 0 Å². The number of nitrogens with two attached hydrogens (primary N) is 1. The van der Waals surface area contributed by atoms with Crippen LogP contribution >= 0.6 is 0 Å². The monoisotopic (exact) mass is 203 g/mol. The van der Waals surface area contributed by atoms with Crippen molar-refractivity contribution in [2.45, 2.75) is 18.3 Å². The molecular weight excluding hydrogens is 190 g/mol. The Labute approximate surface area is 87.4 Å². The number of hydrogen-bond acceptors (Lipinski definition) is 3. The third-order valence-corrected chi connectivity index (χ3v) is 3.23. The summed E-state index contributed by atoms with van der Waals surface area (Å²) < 4.78 is 1.94. The predicted molar refractivity (Wildman–Crippen MR) is 56.8 cm³/mol. The number of pyridine rings is 1. The van der Waals surface area contributed by atoms with E-state index in [1.54, 1.807) is 12.3 Å². The van der Waals surface area contributed by atoms with Crippen molar-refractivity contribution in [3.8, 4) is 5.75 Å². The van der Waals surface area contributed by atoms with Crippen LogP contribution in [0.25, 0.3) is 5.52 Å². The summed E-state index contributed by atoms with van der Waals surface area (Å²) in [7, 11) is 0. The molecule has 0 bridgehead atoms. The van der Waals surface area contributed by atoms with E-state index in [1.807, 2.05) is 16.7 Å². The largest absolute Gasteiger partial charge is 0.506 e. The molecule has 0 amide bonds. The van der Waals surface area contributed by atoms with Crippen LogP contribution in [0.5, 0.6) is 5.75 Å². The molecule has 0 spiro atoms. The number of rotatable bonds is 2. The Morgan fingerprint density at radius 3 is 2.93 bits per heavy atom. The van der Waals surface area contributed by atoms with Crippen LogP contribution < -0.4 is 5.73 Å². The number of aromatic hydroxyl groups is 1. The maximum Gasteiger partial charge on any atom is 0.132 e. The van der Waals surface area contributed by atoms with Crippen molar-refractivity contribution in [2.75, 3.05) is 6.54 Å². The highest BCUT2D eigenvalue weighted by Gasteiger charge is 2.46. The number of imidazole rings is 1. The predicted octanol–water partition coefficient (Wildman–Crippen LogP) is 1.03. The Balaban J connectivity index is 2.23. The Kier molecular flexibility index (Phi) is 1.59. The van der Waals surface area contributed by atoms with Crippen molar-refractivity contribution in [2.24, 2.45) is 5.73 Å². The topological polar surface area (TPSA) is 63.5 Å². The van der Waals surface area contributed by atoms with E-state index in [2.05, 4.69) is 4.98 Å². The molecule has 1 saturated carbocycles. The smallest absolute Gasteiger partial charge is 0.132 e. The van der Waals surface area contributed by atoms with Gasteiger partial charge in [0, 0.05) is 12.0 Å². The quantitative estimate of drug-likeness (QED) is 0.766. The highest BCUT2D eigenvalue weighted by Crippen LogP contribution is 2.46. The first kappa shape index (κ1) is 8.73. The first-order valence-electron chi connectivity index (χ1n) is 5.12. The van der Waals surface area contributed by atoms with Gasteiger partial charge in [-0.25, -0.2) is 4.98 Å². The molecule has 0 radical (unpaired) electrons. The molecule has 2 heterocycles. The molecule has 4 nitrogen and oxygen atoms in total. The van der Waals surface area contributed by atoms with Crippen LogP contribution in [0.3, 0.4) is 0 Å². The molecule has 1 aliphatic rings. The third-order valence-electron chi connectivity index (χ3n) is 3.23. The molecule has 1 fully saturated rings. The highest BCUT2D eigenvalue weighted by molar-refractivity contribution is 5.49. The van der Waals surface area contributed by atoms with E-state index in [0.717, 1.165) is 24.2 Å². The second-order valence-corrected chi connectivity index (χ2v) is 4.25. The van der Waals surface area contributed by atoms with E-state index in [9.17, 15) is 5.11 Å². The van der Waals surface area contributed by atoms with E-state index in [1.165, 1.54) is 0 Å². The van der Waals surface area contributed by atoms with E-state index in [-0.39, 0.29) is 11.2 Å². The lowest BCUT2D eigenvalue weighted by molar-refractivity contribution is 0.471. The van der Waals surface area contributed by atoms with Crippen molar-refractivity contribution < 1.29 is 5.11 Å². The molecule has 0 aromatic carbocycles. The molecular formula is C11H13N3O. The van der Waals surface area contributed by atoms with Crippen molar-refractivity contribution in [3.05, 3.63) is 30.4 Å². The first-order valence-corrected chi connectivity index (χ1v) is 5.12. The zero-order valence-electron chi connectivity index (χ0n) is 8.35. The molecule has 0 atom stereocenters. The zero-order valence-corrected chi connectivity index (χ0v) is 8.35. The van der Waals surface area contributed by atoms with Crippen molar-refractivity contribution in [3.63, 3.8) is 0 Å². The highest BCUT2D eigenvalue weighted by atomic mass is 16.3. The van der Waals surface area contributed by atoms with Crippen LogP contribution in [0.15, 0.2) is 24.5 Å². The minimum Gasteiger partial charge on any atom is -0.506 e. The summed E-state index contributed by atoms with van der Waals surface area (Å²) in [6.45, 7) is 0.627. The minimum atomic E-state index is 0.0558. The second kappa shape index (κ2) is 2.73. The Morgan fingerprint density at radius 1 is 1.47 bits per heavy atom. The summed E-state index contributed by atoms with van der Waals surface area (Å²) in [5.41, 5.74) is 6.83. The lowest BCUT2D eigenvalue weighted by Gasteiger charge is -2.10. The average molecular weight is 203 g/mol. The van der Waals surface area contributed by atoms with Crippen LogP contribution in [0, 0.1) is 0 Å². The van der Waals surface area contributed by atoms with Gasteiger partial charge in [-0.15, -0.1) is 0 Å². The number of fused-ring (bicyclic) bond motifs is 1. The maximum absolute atomic E-state index is 9.45. The first-order chi connectivity index (χ1) is 7.25. The van der Waals surface area contributed by atoms with Gasteiger partial charge in [0.25, 0.3) is 0 Å². The van der Waals surface area contributed by atoms with Gasteiger partial charge in [0.05, 0.1) is 17.9 Å². The molecule has 0 saturated heterocycles. The fourth-order valence-corrected chi connectivity index (χ4v) is 2.04. The summed E-state index contributed by atoms with van der Waals surface area (Å²) in [5.74, 6) is 1.24. The molecule has 2 aromatic heterocycles. The fourth-order valence-electron chi connectivity index (χ4n) is 2.04. The average Bonchev–Trinajstić information content (AvgIpc) is 2.93. The van der Waals surface area contributed by atoms with E-state index < -0.39 is 0 Å². The number of aromatic nitrogens is 2. The normalized spacial score (nSPS) is 18.2. The molecule has 3 rings (SSSR count). The number of hydrogen-bond donors (Lipinski definition) is 2. The molecule has 0 unspecified atom stereocenters. The van der Waals surface area contributed by atoms with Crippen LogP contribution in [0.1, 0.15) is 18.7 Å². The second-order valence-electron chi connectivity index (χ2n) is 4.25. The van der Waals surface area contributed by atoms with E-state index in [4.69, 9.17) is 5.73 Å². The van der Waals surface area contributed by atoms with Gasteiger partial charge < -0.3 is 10.8 Å². The van der Waals surface area contributed by atoms with Crippen LogP contribution in [-0.2, 0) is 5.41 Å². The van der Waals surface area contributed by atoms with Gasteiger partial charge in [-0.2, -0.15) is 0 Å². The van der Waals surface area contributed by atoms with Gasteiger partial charge in [-0.05, 0) is 25.0 Å². The Hall–Kier alpha value is -1.55. The van der Waals surface area contributed by atoms with Gasteiger partial charge in [0.1, 0.15) is 11.6 Å². The molecule has 4 heteroatoms. The standard InChI is InChI=1S/C11H13N3O/c12-7-11(3-4-11)10-13-5-8-1-2-9(15)6-14(8)10/h1-2,5-6,15H,3-4,7,12H2.